The SMILES string of the molecule is C[C@@H](NC(=O)Cc1ccc(N)cn1)c1cccnc1. The fourth-order valence-corrected chi connectivity index (χ4v) is 1.71. The van der Waals surface area contributed by atoms with Crippen molar-refractivity contribution in [3.63, 3.8) is 0 Å². The van der Waals surface area contributed by atoms with E-state index >= 15 is 0 Å². The van der Waals surface area contributed by atoms with Gasteiger partial charge in [0.15, 0.2) is 0 Å². The highest BCUT2D eigenvalue weighted by atomic mass is 16.1. The van der Waals surface area contributed by atoms with E-state index in [-0.39, 0.29) is 18.4 Å². The number of hydrogen-bond acceptors (Lipinski definition) is 4. The lowest BCUT2D eigenvalue weighted by molar-refractivity contribution is -0.121. The first kappa shape index (κ1) is 13.0. The predicted molar refractivity (Wildman–Crippen MR) is 73.1 cm³/mol. The molecule has 1 atom stereocenters. The van der Waals surface area contributed by atoms with Gasteiger partial charge in [-0.1, -0.05) is 6.07 Å². The molecule has 0 aromatic carbocycles. The van der Waals surface area contributed by atoms with Gasteiger partial charge in [-0.2, -0.15) is 0 Å². The number of nitrogens with zero attached hydrogens (tertiary/aromatic N) is 2. The molecular weight excluding hydrogens is 240 g/mol. The fraction of sp³-hybridized carbons (Fsp3) is 0.214. The van der Waals surface area contributed by atoms with Crippen LogP contribution in [0.4, 0.5) is 5.69 Å². The summed E-state index contributed by atoms with van der Waals surface area (Å²) in [5.74, 6) is -0.0753. The molecule has 0 aliphatic carbocycles. The second kappa shape index (κ2) is 5.95. The fourth-order valence-electron chi connectivity index (χ4n) is 1.71. The van der Waals surface area contributed by atoms with Gasteiger partial charge in [-0.15, -0.1) is 0 Å². The largest absolute Gasteiger partial charge is 0.397 e. The first-order chi connectivity index (χ1) is 9.15. The van der Waals surface area contributed by atoms with Crippen molar-refractivity contribution in [1.82, 2.24) is 15.3 Å². The van der Waals surface area contributed by atoms with Crippen molar-refractivity contribution in [2.45, 2.75) is 19.4 Å². The molecule has 5 nitrogen and oxygen atoms in total. The Bertz CT molecular complexity index is 539. The monoisotopic (exact) mass is 256 g/mol. The van der Waals surface area contributed by atoms with Gasteiger partial charge in [0.05, 0.1) is 24.3 Å². The summed E-state index contributed by atoms with van der Waals surface area (Å²) in [5.41, 5.74) is 7.81. The van der Waals surface area contributed by atoms with Crippen LogP contribution in [0.15, 0.2) is 42.9 Å². The number of nitrogen functional groups attached to an aromatic ring is 1. The van der Waals surface area contributed by atoms with E-state index < -0.39 is 0 Å². The van der Waals surface area contributed by atoms with Gasteiger partial charge in [0.2, 0.25) is 5.91 Å². The van der Waals surface area contributed by atoms with Gasteiger partial charge < -0.3 is 11.1 Å². The lowest BCUT2D eigenvalue weighted by Gasteiger charge is -2.13. The number of carbonyl (C=O) groups excluding carboxylic acids is 1. The Morgan fingerprint density at radius 1 is 1.37 bits per heavy atom. The summed E-state index contributed by atoms with van der Waals surface area (Å²) >= 11 is 0. The van der Waals surface area contributed by atoms with E-state index in [4.69, 9.17) is 5.73 Å². The van der Waals surface area contributed by atoms with Crippen molar-refractivity contribution in [2.24, 2.45) is 0 Å². The van der Waals surface area contributed by atoms with Crippen molar-refractivity contribution in [3.05, 3.63) is 54.1 Å². The summed E-state index contributed by atoms with van der Waals surface area (Å²) in [6, 6.07) is 7.19. The quantitative estimate of drug-likeness (QED) is 0.868. The van der Waals surface area contributed by atoms with Crippen LogP contribution in [0.2, 0.25) is 0 Å². The highest BCUT2D eigenvalue weighted by Gasteiger charge is 2.10. The highest BCUT2D eigenvalue weighted by Crippen LogP contribution is 2.10. The van der Waals surface area contributed by atoms with E-state index in [9.17, 15) is 4.79 Å². The van der Waals surface area contributed by atoms with E-state index in [1.807, 2.05) is 19.1 Å². The number of nitrogens with two attached hydrogens (primary N) is 1. The zero-order chi connectivity index (χ0) is 13.7. The van der Waals surface area contributed by atoms with Crippen LogP contribution in [-0.4, -0.2) is 15.9 Å². The molecule has 2 rings (SSSR count). The van der Waals surface area contributed by atoms with Crippen LogP contribution in [0, 0.1) is 0 Å². The lowest BCUT2D eigenvalue weighted by Crippen LogP contribution is -2.28. The first-order valence-corrected chi connectivity index (χ1v) is 6.05. The molecular formula is C14H16N4O. The second-order valence-electron chi connectivity index (χ2n) is 4.34. The van der Waals surface area contributed by atoms with Crippen molar-refractivity contribution in [1.29, 1.82) is 0 Å². The Balaban J connectivity index is 1.93. The van der Waals surface area contributed by atoms with Gasteiger partial charge in [0.25, 0.3) is 0 Å². The van der Waals surface area contributed by atoms with Crippen molar-refractivity contribution in [3.8, 4) is 0 Å². The average Bonchev–Trinajstić information content (AvgIpc) is 2.42. The number of carbonyl (C=O) groups is 1. The number of aromatic nitrogens is 2. The molecule has 19 heavy (non-hydrogen) atoms. The van der Waals surface area contributed by atoms with Gasteiger partial charge >= 0.3 is 0 Å². The topological polar surface area (TPSA) is 80.9 Å². The van der Waals surface area contributed by atoms with Gasteiger partial charge in [-0.3, -0.25) is 14.8 Å². The molecule has 2 aromatic heterocycles. The molecule has 98 valence electrons. The highest BCUT2D eigenvalue weighted by molar-refractivity contribution is 5.78. The smallest absolute Gasteiger partial charge is 0.226 e. The maximum absolute atomic E-state index is 11.9. The summed E-state index contributed by atoms with van der Waals surface area (Å²) in [7, 11) is 0. The Morgan fingerprint density at radius 2 is 2.21 bits per heavy atom. The number of pyridine rings is 2. The van der Waals surface area contributed by atoms with E-state index in [0.29, 0.717) is 11.4 Å². The Morgan fingerprint density at radius 3 is 2.84 bits per heavy atom. The zero-order valence-corrected chi connectivity index (χ0v) is 10.7. The maximum Gasteiger partial charge on any atom is 0.226 e. The van der Waals surface area contributed by atoms with Gasteiger partial charge in [-0.25, -0.2) is 0 Å². The summed E-state index contributed by atoms with van der Waals surface area (Å²) in [4.78, 5) is 20.0. The number of anilines is 1. The molecule has 2 heterocycles. The molecule has 0 unspecified atom stereocenters. The van der Waals surface area contributed by atoms with Gasteiger partial charge in [-0.05, 0) is 30.7 Å². The zero-order valence-electron chi connectivity index (χ0n) is 10.7. The average molecular weight is 256 g/mol. The van der Waals surface area contributed by atoms with Crippen molar-refractivity contribution < 1.29 is 4.79 Å². The molecule has 0 radical (unpaired) electrons. The molecule has 0 bridgehead atoms. The van der Waals surface area contributed by atoms with E-state index in [1.54, 1.807) is 30.7 Å². The molecule has 3 N–H and O–H groups in total. The molecule has 2 aromatic rings. The Kier molecular flexibility index (Phi) is 4.07. The molecule has 0 saturated carbocycles. The number of amides is 1. The van der Waals surface area contributed by atoms with Crippen LogP contribution >= 0.6 is 0 Å². The number of rotatable bonds is 4. The molecule has 0 fully saturated rings. The number of nitrogens with one attached hydrogen (secondary N) is 1. The molecule has 0 aliphatic heterocycles. The third-order valence-electron chi connectivity index (χ3n) is 2.75. The van der Waals surface area contributed by atoms with E-state index in [2.05, 4.69) is 15.3 Å². The molecule has 0 spiro atoms. The summed E-state index contributed by atoms with van der Waals surface area (Å²) in [6.45, 7) is 1.92. The van der Waals surface area contributed by atoms with Gasteiger partial charge in [0.1, 0.15) is 0 Å². The minimum Gasteiger partial charge on any atom is -0.397 e. The standard InChI is InChI=1S/C14H16N4O/c1-10(11-3-2-6-16-8-11)18-14(19)7-13-5-4-12(15)9-17-13/h2-6,8-10H,7,15H2,1H3,(H,18,19)/t10-/m1/s1. The molecule has 0 saturated heterocycles. The molecule has 5 heteroatoms. The minimum absolute atomic E-state index is 0.0741. The Hall–Kier alpha value is -2.43. The van der Waals surface area contributed by atoms with Crippen LogP contribution in [0.5, 0.6) is 0 Å². The van der Waals surface area contributed by atoms with E-state index in [0.717, 1.165) is 5.56 Å². The van der Waals surface area contributed by atoms with Crippen molar-refractivity contribution in [2.75, 3.05) is 5.73 Å². The maximum atomic E-state index is 11.9. The van der Waals surface area contributed by atoms with Crippen molar-refractivity contribution >= 4 is 11.6 Å². The summed E-state index contributed by atoms with van der Waals surface area (Å²) < 4.78 is 0. The van der Waals surface area contributed by atoms with Gasteiger partial charge in [0, 0.05) is 18.1 Å². The first-order valence-electron chi connectivity index (χ1n) is 6.05. The molecule has 1 amide bonds. The van der Waals surface area contributed by atoms with Crippen LogP contribution in [-0.2, 0) is 11.2 Å². The Labute approximate surface area is 111 Å². The molecule has 0 aliphatic rings. The van der Waals surface area contributed by atoms with Crippen LogP contribution in [0.25, 0.3) is 0 Å². The van der Waals surface area contributed by atoms with Crippen LogP contribution in [0.1, 0.15) is 24.2 Å². The predicted octanol–water partition coefficient (Wildman–Crippen LogP) is 1.48. The van der Waals surface area contributed by atoms with Crippen LogP contribution in [0.3, 0.4) is 0 Å². The van der Waals surface area contributed by atoms with Crippen LogP contribution < -0.4 is 11.1 Å². The number of hydrogen-bond donors (Lipinski definition) is 2. The second-order valence-corrected chi connectivity index (χ2v) is 4.34. The summed E-state index contributed by atoms with van der Waals surface area (Å²) in [5, 5.41) is 2.91. The summed E-state index contributed by atoms with van der Waals surface area (Å²) in [6.07, 6.45) is 5.24. The lowest BCUT2D eigenvalue weighted by atomic mass is 10.1. The normalized spacial score (nSPS) is 11.8. The van der Waals surface area contributed by atoms with E-state index in [1.165, 1.54) is 0 Å². The minimum atomic E-state index is -0.0753. The third kappa shape index (κ3) is 3.77. The third-order valence-corrected chi connectivity index (χ3v) is 2.75.